The number of ether oxygens (including phenoxy) is 1. The molecule has 0 spiro atoms. The standard InChI is InChI=1S/C13H11BrN2O3/c1-19-11-5-4-8(14)7-10(11)16-13(18)9-3-2-6-15-12(9)17/h2-7H,1H3,(H,15,17)(H,16,18). The maximum absolute atomic E-state index is 12.0. The molecular formula is C13H11BrN2O3. The highest BCUT2D eigenvalue weighted by Gasteiger charge is 2.12. The lowest BCUT2D eigenvalue weighted by molar-refractivity contribution is 0.102. The van der Waals surface area contributed by atoms with Gasteiger partial charge in [-0.3, -0.25) is 9.59 Å². The van der Waals surface area contributed by atoms with Crippen molar-refractivity contribution < 1.29 is 9.53 Å². The topological polar surface area (TPSA) is 71.2 Å². The second-order valence-corrected chi connectivity index (χ2v) is 4.63. The Hall–Kier alpha value is -2.08. The summed E-state index contributed by atoms with van der Waals surface area (Å²) in [5, 5.41) is 2.65. The SMILES string of the molecule is COc1ccc(Br)cc1NC(=O)c1ccc[nH]c1=O. The Balaban J connectivity index is 2.32. The van der Waals surface area contributed by atoms with E-state index in [4.69, 9.17) is 4.74 Å². The highest BCUT2D eigenvalue weighted by Crippen LogP contribution is 2.28. The van der Waals surface area contributed by atoms with Crippen LogP contribution in [0.25, 0.3) is 0 Å². The average molecular weight is 323 g/mol. The van der Waals surface area contributed by atoms with Gasteiger partial charge < -0.3 is 15.0 Å². The van der Waals surface area contributed by atoms with E-state index in [1.165, 1.54) is 19.4 Å². The lowest BCUT2D eigenvalue weighted by Gasteiger charge is -2.10. The number of benzene rings is 1. The number of anilines is 1. The van der Waals surface area contributed by atoms with E-state index in [0.29, 0.717) is 11.4 Å². The van der Waals surface area contributed by atoms with Crippen molar-refractivity contribution in [3.05, 3.63) is 56.9 Å². The number of halogens is 1. The highest BCUT2D eigenvalue weighted by molar-refractivity contribution is 9.10. The molecule has 0 aliphatic rings. The van der Waals surface area contributed by atoms with Crippen molar-refractivity contribution in [2.75, 3.05) is 12.4 Å². The van der Waals surface area contributed by atoms with Gasteiger partial charge in [0.1, 0.15) is 11.3 Å². The second-order valence-electron chi connectivity index (χ2n) is 3.71. The number of aromatic nitrogens is 1. The predicted octanol–water partition coefficient (Wildman–Crippen LogP) is 2.40. The van der Waals surface area contributed by atoms with Gasteiger partial charge in [0.2, 0.25) is 0 Å². The molecule has 6 heteroatoms. The maximum Gasteiger partial charge on any atom is 0.261 e. The van der Waals surface area contributed by atoms with Crippen LogP contribution in [0, 0.1) is 0 Å². The highest BCUT2D eigenvalue weighted by atomic mass is 79.9. The van der Waals surface area contributed by atoms with Gasteiger partial charge in [0.05, 0.1) is 12.8 Å². The molecule has 2 aromatic rings. The van der Waals surface area contributed by atoms with E-state index in [1.54, 1.807) is 24.3 Å². The summed E-state index contributed by atoms with van der Waals surface area (Å²) in [6, 6.07) is 8.26. The van der Waals surface area contributed by atoms with Crippen LogP contribution in [0.1, 0.15) is 10.4 Å². The molecule has 5 nitrogen and oxygen atoms in total. The molecule has 2 rings (SSSR count). The Bertz CT molecular complexity index is 667. The minimum Gasteiger partial charge on any atom is -0.495 e. The first kappa shape index (κ1) is 13.4. The molecule has 0 radical (unpaired) electrons. The van der Waals surface area contributed by atoms with Crippen molar-refractivity contribution in [3.63, 3.8) is 0 Å². The molecule has 98 valence electrons. The van der Waals surface area contributed by atoms with E-state index >= 15 is 0 Å². The summed E-state index contributed by atoms with van der Waals surface area (Å²) in [6.07, 6.45) is 1.47. The van der Waals surface area contributed by atoms with Crippen molar-refractivity contribution >= 4 is 27.5 Å². The fraction of sp³-hybridized carbons (Fsp3) is 0.0769. The maximum atomic E-state index is 12.0. The lowest BCUT2D eigenvalue weighted by atomic mass is 10.2. The fourth-order valence-electron chi connectivity index (χ4n) is 1.57. The van der Waals surface area contributed by atoms with E-state index in [0.717, 1.165) is 4.47 Å². The number of nitrogens with one attached hydrogen (secondary N) is 2. The molecular weight excluding hydrogens is 312 g/mol. The summed E-state index contributed by atoms with van der Waals surface area (Å²) < 4.78 is 5.94. The minimum absolute atomic E-state index is 0.0459. The van der Waals surface area contributed by atoms with Gasteiger partial charge in [-0.25, -0.2) is 0 Å². The predicted molar refractivity (Wildman–Crippen MR) is 75.7 cm³/mol. The molecule has 1 aromatic heterocycles. The van der Waals surface area contributed by atoms with E-state index in [1.807, 2.05) is 0 Å². The molecule has 0 aliphatic heterocycles. The summed E-state index contributed by atoms with van der Waals surface area (Å²) in [4.78, 5) is 26.0. The van der Waals surface area contributed by atoms with Gasteiger partial charge in [-0.15, -0.1) is 0 Å². The monoisotopic (exact) mass is 322 g/mol. The Labute approximate surface area is 117 Å². The second kappa shape index (κ2) is 5.71. The Morgan fingerprint density at radius 2 is 2.16 bits per heavy atom. The molecule has 0 saturated carbocycles. The third kappa shape index (κ3) is 3.03. The van der Waals surface area contributed by atoms with E-state index in [2.05, 4.69) is 26.2 Å². The lowest BCUT2D eigenvalue weighted by Crippen LogP contribution is -2.22. The number of amides is 1. The molecule has 0 bridgehead atoms. The van der Waals surface area contributed by atoms with Gasteiger partial charge in [-0.1, -0.05) is 15.9 Å². The number of hydrogen-bond donors (Lipinski definition) is 2. The van der Waals surface area contributed by atoms with Gasteiger partial charge in [0, 0.05) is 10.7 Å². The van der Waals surface area contributed by atoms with Crippen molar-refractivity contribution in [3.8, 4) is 5.75 Å². The molecule has 2 N–H and O–H groups in total. The largest absolute Gasteiger partial charge is 0.495 e. The smallest absolute Gasteiger partial charge is 0.261 e. The Kier molecular flexibility index (Phi) is 4.01. The first-order chi connectivity index (χ1) is 9.11. The number of hydrogen-bond acceptors (Lipinski definition) is 3. The molecule has 0 aliphatic carbocycles. The van der Waals surface area contributed by atoms with Crippen LogP contribution in [-0.4, -0.2) is 18.0 Å². The molecule has 19 heavy (non-hydrogen) atoms. The van der Waals surface area contributed by atoms with Gasteiger partial charge in [0.25, 0.3) is 11.5 Å². The number of carbonyl (C=O) groups is 1. The summed E-state index contributed by atoms with van der Waals surface area (Å²) in [6.45, 7) is 0. The number of methoxy groups -OCH3 is 1. The third-order valence-electron chi connectivity index (χ3n) is 2.47. The summed E-state index contributed by atoms with van der Waals surface area (Å²) in [5.41, 5.74) is 0.101. The summed E-state index contributed by atoms with van der Waals surface area (Å²) >= 11 is 3.31. The average Bonchev–Trinajstić information content (AvgIpc) is 2.39. The van der Waals surface area contributed by atoms with Gasteiger partial charge in [-0.2, -0.15) is 0 Å². The van der Waals surface area contributed by atoms with Crippen LogP contribution in [0.3, 0.4) is 0 Å². The number of rotatable bonds is 3. The van der Waals surface area contributed by atoms with Crippen LogP contribution in [0.5, 0.6) is 5.75 Å². The molecule has 0 saturated heterocycles. The van der Waals surface area contributed by atoms with Crippen LogP contribution in [0.4, 0.5) is 5.69 Å². The van der Waals surface area contributed by atoms with Crippen molar-refractivity contribution in [1.29, 1.82) is 0 Å². The van der Waals surface area contributed by atoms with E-state index in [9.17, 15) is 9.59 Å². The molecule has 1 heterocycles. The number of H-pyrrole nitrogens is 1. The summed E-state index contributed by atoms with van der Waals surface area (Å²) in [7, 11) is 1.51. The van der Waals surface area contributed by atoms with Crippen LogP contribution in [-0.2, 0) is 0 Å². The molecule has 0 unspecified atom stereocenters. The van der Waals surface area contributed by atoms with Crippen molar-refractivity contribution in [2.45, 2.75) is 0 Å². The van der Waals surface area contributed by atoms with Crippen LogP contribution < -0.4 is 15.6 Å². The van der Waals surface area contributed by atoms with Crippen LogP contribution >= 0.6 is 15.9 Å². The van der Waals surface area contributed by atoms with E-state index in [-0.39, 0.29) is 5.56 Å². The van der Waals surface area contributed by atoms with Gasteiger partial charge >= 0.3 is 0 Å². The zero-order chi connectivity index (χ0) is 13.8. The van der Waals surface area contributed by atoms with Crippen LogP contribution in [0.2, 0.25) is 0 Å². The molecule has 1 aromatic carbocycles. The first-order valence-corrected chi connectivity index (χ1v) is 6.23. The molecule has 0 atom stereocenters. The minimum atomic E-state index is -0.488. The zero-order valence-electron chi connectivity index (χ0n) is 10.1. The quantitative estimate of drug-likeness (QED) is 0.911. The summed E-state index contributed by atoms with van der Waals surface area (Å²) in [5.74, 6) is 0.0298. The Morgan fingerprint density at radius 1 is 1.37 bits per heavy atom. The number of carbonyl (C=O) groups excluding carboxylic acids is 1. The number of pyridine rings is 1. The van der Waals surface area contributed by atoms with Crippen molar-refractivity contribution in [2.24, 2.45) is 0 Å². The normalized spacial score (nSPS) is 10.0. The van der Waals surface area contributed by atoms with Gasteiger partial charge in [-0.05, 0) is 30.3 Å². The van der Waals surface area contributed by atoms with Crippen LogP contribution in [0.15, 0.2) is 45.8 Å². The van der Waals surface area contributed by atoms with Crippen molar-refractivity contribution in [1.82, 2.24) is 4.98 Å². The number of aromatic amines is 1. The Morgan fingerprint density at radius 3 is 2.84 bits per heavy atom. The first-order valence-electron chi connectivity index (χ1n) is 5.44. The molecule has 1 amide bonds. The fourth-order valence-corrected chi connectivity index (χ4v) is 1.93. The van der Waals surface area contributed by atoms with Gasteiger partial charge in [0.15, 0.2) is 0 Å². The zero-order valence-corrected chi connectivity index (χ0v) is 11.7. The van der Waals surface area contributed by atoms with E-state index < -0.39 is 11.5 Å². The molecule has 0 fully saturated rings. The third-order valence-corrected chi connectivity index (χ3v) is 2.97.